The third kappa shape index (κ3) is 2.37. The second kappa shape index (κ2) is 5.11. The molecule has 0 spiro atoms. The summed E-state index contributed by atoms with van der Waals surface area (Å²) in [5, 5.41) is 0. The Kier molecular flexibility index (Phi) is 4.08. The number of para-hydroxylation sites is 1. The summed E-state index contributed by atoms with van der Waals surface area (Å²) >= 11 is -0.638. The molecule has 0 bridgehead atoms. The highest BCUT2D eigenvalue weighted by molar-refractivity contribution is 7.87. The van der Waals surface area contributed by atoms with Gasteiger partial charge < -0.3 is 4.74 Å². The fourth-order valence-electron chi connectivity index (χ4n) is 1.00. The van der Waals surface area contributed by atoms with E-state index in [4.69, 9.17) is 13.1 Å². The Morgan fingerprint density at radius 1 is 1.00 bits per heavy atom. The normalized spacial score (nSPS) is 10.5. The second-order valence-electron chi connectivity index (χ2n) is 2.22. The minimum Gasteiger partial charge on any atom is -0.491 e. The van der Waals surface area contributed by atoms with Crippen molar-refractivity contribution < 1.29 is 13.1 Å². The molecule has 0 N–H and O–H groups in total. The monoisotopic (exact) mass is 201 g/mol. The van der Waals surface area contributed by atoms with E-state index in [0.717, 1.165) is 10.6 Å². The minimum atomic E-state index is -0.638. The Labute approximate surface area is 81.4 Å². The molecule has 1 rings (SSSR count). The molecular weight excluding hydrogens is 188 g/mol. The zero-order valence-electron chi connectivity index (χ0n) is 7.94. The van der Waals surface area contributed by atoms with E-state index in [1.54, 1.807) is 21.3 Å². The predicted octanol–water partition coefficient (Wildman–Crippen LogP) is 1.80. The first-order valence-corrected chi connectivity index (χ1v) is 4.87. The van der Waals surface area contributed by atoms with Crippen molar-refractivity contribution in [3.05, 3.63) is 24.3 Å². The van der Waals surface area contributed by atoms with E-state index < -0.39 is 11.5 Å². The fourth-order valence-corrected chi connectivity index (χ4v) is 2.00. The summed E-state index contributed by atoms with van der Waals surface area (Å²) in [6.45, 7) is 0. The summed E-state index contributed by atoms with van der Waals surface area (Å²) in [6.07, 6.45) is 0. The Balaban J connectivity index is 2.96. The van der Waals surface area contributed by atoms with Crippen LogP contribution in [0.3, 0.4) is 0 Å². The zero-order chi connectivity index (χ0) is 9.68. The van der Waals surface area contributed by atoms with Crippen molar-refractivity contribution in [1.82, 2.24) is 0 Å². The largest absolute Gasteiger partial charge is 0.491 e. The summed E-state index contributed by atoms with van der Waals surface area (Å²) in [4.78, 5) is 0.926. The molecule has 0 radical (unpaired) electrons. The van der Waals surface area contributed by atoms with Gasteiger partial charge in [-0.05, 0) is 6.07 Å². The molecule has 13 heavy (non-hydrogen) atoms. The molecule has 0 fully saturated rings. The van der Waals surface area contributed by atoms with Crippen LogP contribution in [-0.4, -0.2) is 21.3 Å². The third-order valence-electron chi connectivity index (χ3n) is 1.55. The van der Waals surface area contributed by atoms with Gasteiger partial charge in [-0.15, -0.1) is 8.37 Å². The van der Waals surface area contributed by atoms with Gasteiger partial charge >= 0.3 is 11.5 Å². The fraction of sp³-hybridized carbons (Fsp3) is 0.333. The molecule has 0 aliphatic rings. The first kappa shape index (κ1) is 10.4. The van der Waals surface area contributed by atoms with Crippen LogP contribution < -0.4 is 4.74 Å². The molecule has 0 atom stereocenters. The van der Waals surface area contributed by atoms with Crippen molar-refractivity contribution in [1.29, 1.82) is 0 Å². The Hall–Kier alpha value is -0.710. The summed E-state index contributed by atoms with van der Waals surface area (Å²) in [7, 11) is 4.85. The highest BCUT2D eigenvalue weighted by Crippen LogP contribution is 2.25. The average molecular weight is 201 g/mol. The van der Waals surface area contributed by atoms with Gasteiger partial charge in [-0.2, -0.15) is 0 Å². The highest BCUT2D eigenvalue weighted by Gasteiger charge is 2.28. The SMILES string of the molecule is COc1ccccc1[S+](OC)OC. The van der Waals surface area contributed by atoms with Gasteiger partial charge in [-0.25, -0.2) is 0 Å². The van der Waals surface area contributed by atoms with Gasteiger partial charge in [0.2, 0.25) is 0 Å². The molecule has 4 heteroatoms. The van der Waals surface area contributed by atoms with Crippen molar-refractivity contribution in [2.24, 2.45) is 0 Å². The predicted molar refractivity (Wildman–Crippen MR) is 52.6 cm³/mol. The lowest BCUT2D eigenvalue weighted by Crippen LogP contribution is -2.07. The van der Waals surface area contributed by atoms with Crippen LogP contribution in [-0.2, 0) is 19.8 Å². The van der Waals surface area contributed by atoms with E-state index >= 15 is 0 Å². The van der Waals surface area contributed by atoms with Crippen LogP contribution in [0.1, 0.15) is 0 Å². The molecule has 0 heterocycles. The number of benzene rings is 1. The maximum atomic E-state index is 5.18. The quantitative estimate of drug-likeness (QED) is 0.695. The average Bonchev–Trinajstić information content (AvgIpc) is 2.20. The zero-order valence-corrected chi connectivity index (χ0v) is 8.76. The van der Waals surface area contributed by atoms with Gasteiger partial charge in [0.15, 0.2) is 5.75 Å². The highest BCUT2D eigenvalue weighted by atomic mass is 32.2. The number of ether oxygens (including phenoxy) is 1. The first-order chi connectivity index (χ1) is 6.33. The topological polar surface area (TPSA) is 27.7 Å². The molecule has 0 saturated heterocycles. The maximum absolute atomic E-state index is 5.18. The van der Waals surface area contributed by atoms with Crippen LogP contribution in [0.4, 0.5) is 0 Å². The van der Waals surface area contributed by atoms with Crippen LogP contribution in [0.25, 0.3) is 0 Å². The Morgan fingerprint density at radius 3 is 2.15 bits per heavy atom. The molecule has 0 aliphatic heterocycles. The van der Waals surface area contributed by atoms with Gasteiger partial charge in [0.1, 0.15) is 0 Å². The molecule has 0 aliphatic carbocycles. The number of methoxy groups -OCH3 is 1. The van der Waals surface area contributed by atoms with E-state index in [2.05, 4.69) is 0 Å². The van der Waals surface area contributed by atoms with Crippen molar-refractivity contribution in [3.8, 4) is 5.75 Å². The van der Waals surface area contributed by atoms with E-state index in [0.29, 0.717) is 0 Å². The molecule has 0 unspecified atom stereocenters. The lowest BCUT2D eigenvalue weighted by Gasteiger charge is -2.03. The Bertz CT molecular complexity index is 261. The lowest BCUT2D eigenvalue weighted by molar-refractivity contribution is 0.350. The Morgan fingerprint density at radius 2 is 1.62 bits per heavy atom. The molecule has 1 aromatic carbocycles. The number of hydrogen-bond donors (Lipinski definition) is 0. The van der Waals surface area contributed by atoms with Crippen LogP contribution in [0.2, 0.25) is 0 Å². The van der Waals surface area contributed by atoms with Crippen molar-refractivity contribution >= 4 is 11.5 Å². The lowest BCUT2D eigenvalue weighted by atomic mass is 10.3. The summed E-state index contributed by atoms with van der Waals surface area (Å²) < 4.78 is 15.5. The maximum Gasteiger partial charge on any atom is 0.359 e. The molecule has 1 aromatic rings. The molecule has 0 amide bonds. The smallest absolute Gasteiger partial charge is 0.359 e. The molecule has 0 saturated carbocycles. The van der Waals surface area contributed by atoms with Crippen molar-refractivity contribution in [3.63, 3.8) is 0 Å². The van der Waals surface area contributed by atoms with Crippen LogP contribution in [0.5, 0.6) is 5.75 Å². The van der Waals surface area contributed by atoms with E-state index in [-0.39, 0.29) is 0 Å². The van der Waals surface area contributed by atoms with Crippen molar-refractivity contribution in [2.75, 3.05) is 21.3 Å². The van der Waals surface area contributed by atoms with Gasteiger partial charge in [0, 0.05) is 6.07 Å². The molecular formula is C9H13O3S+. The molecule has 0 aromatic heterocycles. The number of hydrogen-bond acceptors (Lipinski definition) is 3. The van der Waals surface area contributed by atoms with Crippen LogP contribution >= 0.6 is 0 Å². The second-order valence-corrected chi connectivity index (χ2v) is 3.79. The van der Waals surface area contributed by atoms with E-state index in [1.807, 2.05) is 24.3 Å². The van der Waals surface area contributed by atoms with Gasteiger partial charge in [0.25, 0.3) is 4.90 Å². The van der Waals surface area contributed by atoms with Crippen LogP contribution in [0, 0.1) is 0 Å². The van der Waals surface area contributed by atoms with Gasteiger partial charge in [-0.1, -0.05) is 12.1 Å². The third-order valence-corrected chi connectivity index (χ3v) is 2.85. The van der Waals surface area contributed by atoms with Crippen molar-refractivity contribution in [2.45, 2.75) is 4.90 Å². The van der Waals surface area contributed by atoms with Gasteiger partial charge in [0.05, 0.1) is 21.3 Å². The first-order valence-electron chi connectivity index (χ1n) is 3.79. The van der Waals surface area contributed by atoms with E-state index in [1.165, 1.54) is 0 Å². The number of rotatable bonds is 4. The summed E-state index contributed by atoms with van der Waals surface area (Å²) in [5.74, 6) is 0.787. The molecule has 3 nitrogen and oxygen atoms in total. The van der Waals surface area contributed by atoms with Gasteiger partial charge in [-0.3, -0.25) is 0 Å². The summed E-state index contributed by atoms with van der Waals surface area (Å²) in [6, 6.07) is 7.65. The summed E-state index contributed by atoms with van der Waals surface area (Å²) in [5.41, 5.74) is 0. The van der Waals surface area contributed by atoms with E-state index in [9.17, 15) is 0 Å². The standard InChI is InChI=1S/C9H13O3S/c1-10-8-6-4-5-7-9(8)13(11-2)12-3/h4-7H,1-3H3/q+1. The van der Waals surface area contributed by atoms with Crippen LogP contribution in [0.15, 0.2) is 29.2 Å². The minimum absolute atomic E-state index is 0.638. The molecule has 72 valence electrons.